The maximum atomic E-state index is 11.1. The van der Waals surface area contributed by atoms with Crippen molar-refractivity contribution < 1.29 is 14.3 Å². The molecule has 4 heteroatoms. The minimum atomic E-state index is -0.00260. The zero-order chi connectivity index (χ0) is 22.2. The van der Waals surface area contributed by atoms with E-state index >= 15 is 0 Å². The topological polar surface area (TPSA) is 47.6 Å². The van der Waals surface area contributed by atoms with Crippen molar-refractivity contribution in [3.8, 4) is 11.5 Å². The Labute approximate surface area is 189 Å². The zero-order valence-corrected chi connectivity index (χ0v) is 18.4. The quantitative estimate of drug-likeness (QED) is 0.331. The van der Waals surface area contributed by atoms with Crippen molar-refractivity contribution in [2.75, 3.05) is 19.8 Å². The molecule has 1 amide bonds. The predicted molar refractivity (Wildman–Crippen MR) is 129 cm³/mol. The molecule has 0 aliphatic heterocycles. The van der Waals surface area contributed by atoms with E-state index in [4.69, 9.17) is 9.47 Å². The first-order chi connectivity index (χ1) is 15.7. The molecule has 0 aliphatic carbocycles. The second-order valence-corrected chi connectivity index (χ2v) is 7.86. The standard InChI is InChI=1S/C28H28NO3/c1-21(30)29-16-15-24-10-6-9-23-12-14-27(20-28(23)24)32-18-5-4-17-31-26-13-11-22-7-2-3-8-25(22)19-26/h2-3,6-7,9-14,19-20H,4-5,15-18H2,1H3,(H,29,30). The van der Waals surface area contributed by atoms with Gasteiger partial charge in [0.25, 0.3) is 0 Å². The molecule has 0 heterocycles. The van der Waals surface area contributed by atoms with Gasteiger partial charge in [0.05, 0.1) is 13.2 Å². The Morgan fingerprint density at radius 1 is 0.875 bits per heavy atom. The normalized spacial score (nSPS) is 10.9. The number of rotatable bonds is 10. The van der Waals surface area contributed by atoms with Gasteiger partial charge in [-0.05, 0) is 76.7 Å². The van der Waals surface area contributed by atoms with Crippen LogP contribution in [0.2, 0.25) is 0 Å². The van der Waals surface area contributed by atoms with Gasteiger partial charge in [-0.1, -0.05) is 48.5 Å². The number of unbranched alkanes of at least 4 members (excludes halogenated alkanes) is 1. The number of benzene rings is 4. The monoisotopic (exact) mass is 426 g/mol. The van der Waals surface area contributed by atoms with Gasteiger partial charge in [-0.3, -0.25) is 4.79 Å². The summed E-state index contributed by atoms with van der Waals surface area (Å²) >= 11 is 0. The Morgan fingerprint density at radius 2 is 1.59 bits per heavy atom. The Balaban J connectivity index is 1.25. The largest absolute Gasteiger partial charge is 0.494 e. The minimum Gasteiger partial charge on any atom is -0.494 e. The molecular weight excluding hydrogens is 398 g/mol. The molecule has 4 aromatic rings. The average molecular weight is 427 g/mol. The highest BCUT2D eigenvalue weighted by molar-refractivity contribution is 5.87. The fourth-order valence-corrected chi connectivity index (χ4v) is 3.77. The average Bonchev–Trinajstić information content (AvgIpc) is 2.81. The van der Waals surface area contributed by atoms with Crippen LogP contribution in [-0.2, 0) is 11.2 Å². The van der Waals surface area contributed by atoms with Gasteiger partial charge in [0.2, 0.25) is 5.91 Å². The van der Waals surface area contributed by atoms with Gasteiger partial charge in [-0.25, -0.2) is 0 Å². The number of amides is 1. The van der Waals surface area contributed by atoms with Crippen molar-refractivity contribution >= 4 is 27.5 Å². The first-order valence-corrected chi connectivity index (χ1v) is 11.1. The van der Waals surface area contributed by atoms with Gasteiger partial charge in [0.1, 0.15) is 11.5 Å². The highest BCUT2D eigenvalue weighted by atomic mass is 16.5. The molecule has 0 fully saturated rings. The second-order valence-electron chi connectivity index (χ2n) is 7.86. The Hall–Kier alpha value is -3.53. The molecule has 0 aliphatic rings. The number of hydrogen-bond donors (Lipinski definition) is 1. The molecule has 0 spiro atoms. The van der Waals surface area contributed by atoms with Crippen LogP contribution >= 0.6 is 0 Å². The summed E-state index contributed by atoms with van der Waals surface area (Å²) < 4.78 is 11.9. The molecule has 163 valence electrons. The van der Waals surface area contributed by atoms with Crippen molar-refractivity contribution in [3.05, 3.63) is 84.4 Å². The number of hydrogen-bond acceptors (Lipinski definition) is 3. The molecule has 0 aromatic heterocycles. The summed E-state index contributed by atoms with van der Waals surface area (Å²) in [4.78, 5) is 11.1. The van der Waals surface area contributed by atoms with Gasteiger partial charge in [0, 0.05) is 13.5 Å². The lowest BCUT2D eigenvalue weighted by molar-refractivity contribution is -0.118. The lowest BCUT2D eigenvalue weighted by atomic mass is 10.0. The summed E-state index contributed by atoms with van der Waals surface area (Å²) in [5.74, 6) is 1.75. The predicted octanol–water partition coefficient (Wildman–Crippen LogP) is 5.71. The third kappa shape index (κ3) is 5.79. The van der Waals surface area contributed by atoms with Crippen LogP contribution in [0.4, 0.5) is 0 Å². The fraction of sp³-hybridized carbons (Fsp3) is 0.250. The van der Waals surface area contributed by atoms with E-state index in [0.29, 0.717) is 19.8 Å². The summed E-state index contributed by atoms with van der Waals surface area (Å²) in [5.41, 5.74) is 1.21. The van der Waals surface area contributed by atoms with Crippen LogP contribution in [0.25, 0.3) is 21.5 Å². The van der Waals surface area contributed by atoms with Gasteiger partial charge in [-0.15, -0.1) is 0 Å². The molecule has 4 rings (SSSR count). The minimum absolute atomic E-state index is 0.00260. The SMILES string of the molecule is CC(=O)NCCc1cccc2ccc(OCCCCOc3ccc4ccc[c]c4c3)cc12. The second kappa shape index (κ2) is 10.7. The number of carbonyl (C=O) groups excluding carboxylic acids is 1. The lowest BCUT2D eigenvalue weighted by Crippen LogP contribution is -2.22. The van der Waals surface area contributed by atoms with E-state index in [2.05, 4.69) is 53.8 Å². The molecule has 0 bridgehead atoms. The van der Waals surface area contributed by atoms with E-state index in [9.17, 15) is 4.79 Å². The van der Waals surface area contributed by atoms with Gasteiger partial charge in [-0.2, -0.15) is 0 Å². The van der Waals surface area contributed by atoms with Gasteiger partial charge >= 0.3 is 0 Å². The molecule has 1 N–H and O–H groups in total. The third-order valence-corrected chi connectivity index (χ3v) is 5.42. The highest BCUT2D eigenvalue weighted by Gasteiger charge is 2.04. The highest BCUT2D eigenvalue weighted by Crippen LogP contribution is 2.25. The number of ether oxygens (including phenoxy) is 2. The van der Waals surface area contributed by atoms with Crippen LogP contribution < -0.4 is 14.8 Å². The molecule has 4 aromatic carbocycles. The maximum Gasteiger partial charge on any atom is 0.216 e. The Kier molecular flexibility index (Phi) is 7.23. The summed E-state index contributed by atoms with van der Waals surface area (Å²) in [6.45, 7) is 3.48. The molecule has 0 saturated carbocycles. The van der Waals surface area contributed by atoms with Gasteiger partial charge in [0.15, 0.2) is 0 Å². The summed E-state index contributed by atoms with van der Waals surface area (Å²) in [5, 5.41) is 7.46. The number of nitrogens with one attached hydrogen (secondary N) is 1. The first-order valence-electron chi connectivity index (χ1n) is 11.1. The first kappa shape index (κ1) is 21.7. The van der Waals surface area contributed by atoms with Crippen molar-refractivity contribution in [2.24, 2.45) is 0 Å². The Morgan fingerprint density at radius 3 is 2.38 bits per heavy atom. The molecule has 4 nitrogen and oxygen atoms in total. The molecule has 1 radical (unpaired) electrons. The smallest absolute Gasteiger partial charge is 0.216 e. The van der Waals surface area contributed by atoms with E-state index < -0.39 is 0 Å². The summed E-state index contributed by atoms with van der Waals surface area (Å²) in [6, 6.07) is 27.8. The van der Waals surface area contributed by atoms with Crippen LogP contribution in [-0.4, -0.2) is 25.7 Å². The number of fused-ring (bicyclic) bond motifs is 2. The fourth-order valence-electron chi connectivity index (χ4n) is 3.77. The molecular formula is C28H28NO3. The van der Waals surface area contributed by atoms with Crippen molar-refractivity contribution in [2.45, 2.75) is 26.2 Å². The summed E-state index contributed by atoms with van der Waals surface area (Å²) in [6.07, 6.45) is 2.64. The summed E-state index contributed by atoms with van der Waals surface area (Å²) in [7, 11) is 0. The van der Waals surface area contributed by atoms with E-state index in [1.807, 2.05) is 30.3 Å². The van der Waals surface area contributed by atoms with E-state index in [-0.39, 0.29) is 5.91 Å². The molecule has 0 saturated heterocycles. The van der Waals surface area contributed by atoms with E-state index in [0.717, 1.165) is 36.1 Å². The van der Waals surface area contributed by atoms with Crippen molar-refractivity contribution in [3.63, 3.8) is 0 Å². The van der Waals surface area contributed by atoms with Gasteiger partial charge < -0.3 is 14.8 Å². The van der Waals surface area contributed by atoms with Crippen LogP contribution in [0, 0.1) is 6.07 Å². The van der Waals surface area contributed by atoms with E-state index in [1.165, 1.54) is 21.7 Å². The third-order valence-electron chi connectivity index (χ3n) is 5.42. The van der Waals surface area contributed by atoms with Crippen molar-refractivity contribution in [1.29, 1.82) is 0 Å². The maximum absolute atomic E-state index is 11.1. The lowest BCUT2D eigenvalue weighted by Gasteiger charge is -2.11. The molecule has 0 atom stereocenters. The van der Waals surface area contributed by atoms with Crippen LogP contribution in [0.3, 0.4) is 0 Å². The molecule has 0 unspecified atom stereocenters. The van der Waals surface area contributed by atoms with Crippen LogP contribution in [0.1, 0.15) is 25.3 Å². The van der Waals surface area contributed by atoms with E-state index in [1.54, 1.807) is 6.92 Å². The zero-order valence-electron chi connectivity index (χ0n) is 18.4. The van der Waals surface area contributed by atoms with Crippen LogP contribution in [0.15, 0.2) is 72.8 Å². The van der Waals surface area contributed by atoms with Crippen molar-refractivity contribution in [1.82, 2.24) is 5.32 Å². The van der Waals surface area contributed by atoms with Crippen LogP contribution in [0.5, 0.6) is 11.5 Å². The Bertz CT molecular complexity index is 1200. The molecule has 32 heavy (non-hydrogen) atoms. The number of carbonyl (C=O) groups is 1.